The number of pyridine rings is 1. The summed E-state index contributed by atoms with van der Waals surface area (Å²) in [6.07, 6.45) is 1.00. The third-order valence-corrected chi connectivity index (χ3v) is 4.27. The molecule has 0 aliphatic carbocycles. The van der Waals surface area contributed by atoms with Gasteiger partial charge in [-0.15, -0.1) is 0 Å². The zero-order valence-corrected chi connectivity index (χ0v) is 12.6. The maximum Gasteiger partial charge on any atom is 0.254 e. The highest BCUT2D eigenvalue weighted by Gasteiger charge is 2.31. The van der Waals surface area contributed by atoms with Gasteiger partial charge in [-0.2, -0.15) is 0 Å². The minimum atomic E-state index is -0.0261. The summed E-state index contributed by atoms with van der Waals surface area (Å²) in [6.45, 7) is 4.96. The largest absolute Gasteiger partial charge is 0.384 e. The first-order valence-electron chi connectivity index (χ1n) is 7.17. The zero-order valence-electron chi connectivity index (χ0n) is 11.8. The van der Waals surface area contributed by atoms with E-state index in [0.29, 0.717) is 11.6 Å². The first-order valence-corrected chi connectivity index (χ1v) is 7.55. The Labute approximate surface area is 128 Å². The third kappa shape index (κ3) is 3.28. The highest BCUT2D eigenvalue weighted by molar-refractivity contribution is 6.29. The number of hydrogen-bond donors (Lipinski definition) is 1. The highest BCUT2D eigenvalue weighted by atomic mass is 35.5. The van der Waals surface area contributed by atoms with Crippen molar-refractivity contribution in [1.82, 2.24) is 14.8 Å². The predicted molar refractivity (Wildman–Crippen MR) is 80.4 cm³/mol. The standard InChI is InChI=1S/C14H19ClN4O2/c15-12-7-10(8-13(16)17-12)14(20)19-2-1-11(9-19)18-3-5-21-6-4-18/h7-8,11H,1-6,9H2,(H2,16,17). The van der Waals surface area contributed by atoms with E-state index in [-0.39, 0.29) is 16.9 Å². The van der Waals surface area contributed by atoms with Crippen LogP contribution in [0, 0.1) is 0 Å². The first-order chi connectivity index (χ1) is 10.1. The van der Waals surface area contributed by atoms with E-state index in [4.69, 9.17) is 22.1 Å². The molecule has 3 heterocycles. The lowest BCUT2D eigenvalue weighted by Gasteiger charge is -2.32. The van der Waals surface area contributed by atoms with Crippen molar-refractivity contribution in [1.29, 1.82) is 0 Å². The molecule has 1 aromatic heterocycles. The molecule has 0 saturated carbocycles. The van der Waals surface area contributed by atoms with Gasteiger partial charge in [-0.05, 0) is 18.6 Å². The topological polar surface area (TPSA) is 71.7 Å². The van der Waals surface area contributed by atoms with Gasteiger partial charge in [-0.1, -0.05) is 11.6 Å². The van der Waals surface area contributed by atoms with Crippen LogP contribution >= 0.6 is 11.6 Å². The Bertz CT molecular complexity index is 513. The molecule has 1 atom stereocenters. The molecule has 0 radical (unpaired) electrons. The number of morpholine rings is 1. The fourth-order valence-corrected chi connectivity index (χ4v) is 3.21. The molecule has 2 fully saturated rings. The molecule has 3 rings (SSSR count). The van der Waals surface area contributed by atoms with Gasteiger partial charge in [0, 0.05) is 37.8 Å². The summed E-state index contributed by atoms with van der Waals surface area (Å²) in [6, 6.07) is 3.57. The molecule has 0 spiro atoms. The normalized spacial score (nSPS) is 23.5. The number of hydrogen-bond acceptors (Lipinski definition) is 5. The van der Waals surface area contributed by atoms with E-state index >= 15 is 0 Å². The molecule has 2 aliphatic heterocycles. The van der Waals surface area contributed by atoms with E-state index in [9.17, 15) is 4.79 Å². The van der Waals surface area contributed by atoms with Crippen molar-refractivity contribution in [2.45, 2.75) is 12.5 Å². The Balaban J connectivity index is 1.66. The molecule has 0 bridgehead atoms. The van der Waals surface area contributed by atoms with Crippen LogP contribution in [0.25, 0.3) is 0 Å². The number of ether oxygens (including phenoxy) is 1. The van der Waals surface area contributed by atoms with Crippen LogP contribution in [-0.2, 0) is 4.74 Å². The Morgan fingerprint density at radius 1 is 1.33 bits per heavy atom. The summed E-state index contributed by atoms with van der Waals surface area (Å²) >= 11 is 5.87. The number of amides is 1. The summed E-state index contributed by atoms with van der Waals surface area (Å²) in [7, 11) is 0. The van der Waals surface area contributed by atoms with Gasteiger partial charge in [0.25, 0.3) is 5.91 Å². The molecular formula is C14H19ClN4O2. The van der Waals surface area contributed by atoms with Crippen LogP contribution in [0.5, 0.6) is 0 Å². The fraction of sp³-hybridized carbons (Fsp3) is 0.571. The first kappa shape index (κ1) is 14.6. The van der Waals surface area contributed by atoms with Crippen LogP contribution in [0.1, 0.15) is 16.8 Å². The van der Waals surface area contributed by atoms with Gasteiger partial charge in [-0.25, -0.2) is 4.98 Å². The van der Waals surface area contributed by atoms with Gasteiger partial charge in [-0.3, -0.25) is 9.69 Å². The SMILES string of the molecule is Nc1cc(C(=O)N2CCC(N3CCOCC3)C2)cc(Cl)n1. The van der Waals surface area contributed by atoms with Crippen LogP contribution in [0.2, 0.25) is 5.15 Å². The van der Waals surface area contributed by atoms with Gasteiger partial charge in [0.15, 0.2) is 0 Å². The molecule has 6 nitrogen and oxygen atoms in total. The second-order valence-electron chi connectivity index (χ2n) is 5.45. The van der Waals surface area contributed by atoms with E-state index in [1.54, 1.807) is 12.1 Å². The predicted octanol–water partition coefficient (Wildman–Crippen LogP) is 0.864. The van der Waals surface area contributed by atoms with Crippen LogP contribution in [0.15, 0.2) is 12.1 Å². The minimum Gasteiger partial charge on any atom is -0.384 e. The molecule has 2 aliphatic rings. The number of nitrogens with two attached hydrogens (primary N) is 1. The Hall–Kier alpha value is -1.37. The van der Waals surface area contributed by atoms with E-state index in [2.05, 4.69) is 9.88 Å². The molecule has 1 aromatic rings. The minimum absolute atomic E-state index is 0.0261. The van der Waals surface area contributed by atoms with Crippen molar-refractivity contribution < 1.29 is 9.53 Å². The van der Waals surface area contributed by atoms with Gasteiger partial charge >= 0.3 is 0 Å². The summed E-state index contributed by atoms with van der Waals surface area (Å²) in [5.41, 5.74) is 6.16. The maximum atomic E-state index is 12.5. The van der Waals surface area contributed by atoms with Gasteiger partial charge in [0.1, 0.15) is 11.0 Å². The van der Waals surface area contributed by atoms with Crippen molar-refractivity contribution in [2.75, 3.05) is 45.1 Å². The number of likely N-dealkylation sites (tertiary alicyclic amines) is 1. The molecule has 1 amide bonds. The number of aromatic nitrogens is 1. The van der Waals surface area contributed by atoms with Crippen molar-refractivity contribution in [3.8, 4) is 0 Å². The molecule has 21 heavy (non-hydrogen) atoms. The quantitative estimate of drug-likeness (QED) is 0.821. The number of nitrogen functional groups attached to an aromatic ring is 1. The summed E-state index contributed by atoms with van der Waals surface area (Å²) in [5.74, 6) is 0.247. The molecule has 7 heteroatoms. The number of halogens is 1. The number of anilines is 1. The fourth-order valence-electron chi connectivity index (χ4n) is 2.99. The molecule has 114 valence electrons. The molecule has 2 N–H and O–H groups in total. The van der Waals surface area contributed by atoms with Crippen molar-refractivity contribution in [3.63, 3.8) is 0 Å². The van der Waals surface area contributed by atoms with Crippen LogP contribution in [0.3, 0.4) is 0 Å². The van der Waals surface area contributed by atoms with Crippen molar-refractivity contribution >= 4 is 23.3 Å². The second kappa shape index (κ2) is 6.17. The van der Waals surface area contributed by atoms with E-state index in [1.165, 1.54) is 0 Å². The van der Waals surface area contributed by atoms with Gasteiger partial charge in [0.2, 0.25) is 0 Å². The molecular weight excluding hydrogens is 292 g/mol. The van der Waals surface area contributed by atoms with E-state index in [1.807, 2.05) is 4.90 Å². The number of nitrogens with zero attached hydrogens (tertiary/aromatic N) is 3. The van der Waals surface area contributed by atoms with Gasteiger partial charge < -0.3 is 15.4 Å². The lowest BCUT2D eigenvalue weighted by molar-refractivity contribution is 0.0185. The smallest absolute Gasteiger partial charge is 0.254 e. The highest BCUT2D eigenvalue weighted by Crippen LogP contribution is 2.21. The monoisotopic (exact) mass is 310 g/mol. The molecule has 2 saturated heterocycles. The van der Waals surface area contributed by atoms with Crippen molar-refractivity contribution in [2.24, 2.45) is 0 Å². The van der Waals surface area contributed by atoms with Gasteiger partial charge in [0.05, 0.1) is 13.2 Å². The van der Waals surface area contributed by atoms with Crippen LogP contribution in [-0.4, -0.2) is 66.1 Å². The summed E-state index contributed by atoms with van der Waals surface area (Å²) in [5, 5.41) is 0.252. The Morgan fingerprint density at radius 3 is 2.81 bits per heavy atom. The third-order valence-electron chi connectivity index (χ3n) is 4.07. The average Bonchev–Trinajstić information content (AvgIpc) is 2.96. The van der Waals surface area contributed by atoms with Crippen LogP contribution in [0.4, 0.5) is 5.82 Å². The Morgan fingerprint density at radius 2 is 2.10 bits per heavy atom. The van der Waals surface area contributed by atoms with Crippen molar-refractivity contribution in [3.05, 3.63) is 22.8 Å². The van der Waals surface area contributed by atoms with E-state index in [0.717, 1.165) is 45.8 Å². The lowest BCUT2D eigenvalue weighted by atomic mass is 10.2. The maximum absolute atomic E-state index is 12.5. The van der Waals surface area contributed by atoms with Crippen LogP contribution < -0.4 is 5.73 Å². The molecule has 0 aromatic carbocycles. The lowest BCUT2D eigenvalue weighted by Crippen LogP contribution is -2.45. The van der Waals surface area contributed by atoms with E-state index < -0.39 is 0 Å². The average molecular weight is 311 g/mol. The number of carbonyl (C=O) groups excluding carboxylic acids is 1. The number of rotatable bonds is 2. The summed E-state index contributed by atoms with van der Waals surface area (Å²) < 4.78 is 5.37. The molecule has 1 unspecified atom stereocenters. The Kier molecular flexibility index (Phi) is 4.28. The zero-order chi connectivity index (χ0) is 14.8. The second-order valence-corrected chi connectivity index (χ2v) is 5.83. The number of carbonyl (C=O) groups is 1. The summed E-state index contributed by atoms with van der Waals surface area (Å²) in [4.78, 5) is 20.7.